The Morgan fingerprint density at radius 3 is 2.26 bits per heavy atom. The summed E-state index contributed by atoms with van der Waals surface area (Å²) in [6.45, 7) is 9.17. The van der Waals surface area contributed by atoms with Gasteiger partial charge >= 0.3 is 0 Å². The molecule has 0 radical (unpaired) electrons. The number of hydrogen-bond acceptors (Lipinski definition) is 0. The summed E-state index contributed by atoms with van der Waals surface area (Å²) in [6.07, 6.45) is 11.9. The Hall–Kier alpha value is -1.37. The molecule has 2 bridgehead atoms. The summed E-state index contributed by atoms with van der Waals surface area (Å²) in [7, 11) is 2.20. The number of allylic oxidation sites excluding steroid dienone is 4. The van der Waals surface area contributed by atoms with Gasteiger partial charge < -0.3 is 0 Å². The van der Waals surface area contributed by atoms with E-state index in [4.69, 9.17) is 0 Å². The van der Waals surface area contributed by atoms with Crippen LogP contribution in [0.1, 0.15) is 58.2 Å². The summed E-state index contributed by atoms with van der Waals surface area (Å²) >= 11 is 0. The van der Waals surface area contributed by atoms with E-state index in [1.807, 2.05) is 0 Å². The molecular formula is C22H30N+. The van der Waals surface area contributed by atoms with Crippen molar-refractivity contribution in [1.29, 1.82) is 0 Å². The lowest BCUT2D eigenvalue weighted by Crippen LogP contribution is -2.36. The number of aromatic nitrogens is 1. The fourth-order valence-electron chi connectivity index (χ4n) is 5.20. The zero-order valence-electron chi connectivity index (χ0n) is 15.3. The Kier molecular flexibility index (Phi) is 3.34. The van der Waals surface area contributed by atoms with Crippen LogP contribution in [-0.4, -0.2) is 0 Å². The highest BCUT2D eigenvalue weighted by Gasteiger charge is 2.47. The van der Waals surface area contributed by atoms with Crippen LogP contribution in [0.4, 0.5) is 0 Å². The van der Waals surface area contributed by atoms with Crippen molar-refractivity contribution < 1.29 is 4.57 Å². The van der Waals surface area contributed by atoms with E-state index in [-0.39, 0.29) is 5.41 Å². The van der Waals surface area contributed by atoms with Crippen molar-refractivity contribution in [3.05, 3.63) is 47.3 Å². The molecule has 0 amide bonds. The molecule has 1 heteroatoms. The van der Waals surface area contributed by atoms with Crippen LogP contribution in [0.3, 0.4) is 0 Å². The van der Waals surface area contributed by atoms with Gasteiger partial charge in [-0.15, -0.1) is 0 Å². The second-order valence-corrected chi connectivity index (χ2v) is 9.08. The third-order valence-electron chi connectivity index (χ3n) is 6.55. The van der Waals surface area contributed by atoms with Crippen molar-refractivity contribution in [3.8, 4) is 0 Å². The van der Waals surface area contributed by atoms with Crippen molar-refractivity contribution in [1.82, 2.24) is 0 Å². The minimum atomic E-state index is 0.206. The maximum absolute atomic E-state index is 2.62. The van der Waals surface area contributed by atoms with Crippen LogP contribution < -0.4 is 4.57 Å². The lowest BCUT2D eigenvalue weighted by atomic mass is 9.73. The first kappa shape index (κ1) is 15.2. The molecule has 0 spiro atoms. The minimum absolute atomic E-state index is 0.206. The van der Waals surface area contributed by atoms with Crippen LogP contribution >= 0.6 is 0 Å². The number of rotatable bonds is 1. The summed E-state index contributed by atoms with van der Waals surface area (Å²) < 4.78 is 2.33. The van der Waals surface area contributed by atoms with Crippen molar-refractivity contribution in [2.24, 2.45) is 30.7 Å². The average molecular weight is 308 g/mol. The Morgan fingerprint density at radius 2 is 1.65 bits per heavy atom. The maximum Gasteiger partial charge on any atom is 0.212 e. The van der Waals surface area contributed by atoms with E-state index >= 15 is 0 Å². The van der Waals surface area contributed by atoms with Crippen LogP contribution in [0.15, 0.2) is 36.1 Å². The summed E-state index contributed by atoms with van der Waals surface area (Å²) in [6, 6.07) is 4.65. The number of nitrogens with zero attached hydrogens (tertiary/aromatic N) is 1. The molecular weight excluding hydrogens is 278 g/mol. The number of aryl methyl sites for hydroxylation is 1. The molecule has 122 valence electrons. The van der Waals surface area contributed by atoms with E-state index in [1.54, 1.807) is 0 Å². The van der Waals surface area contributed by atoms with Gasteiger partial charge in [0.15, 0.2) is 6.20 Å². The quantitative estimate of drug-likeness (QED) is 0.655. The van der Waals surface area contributed by atoms with Crippen LogP contribution in [0.5, 0.6) is 0 Å². The molecule has 0 aromatic carbocycles. The molecule has 4 rings (SSSR count). The van der Waals surface area contributed by atoms with Crippen molar-refractivity contribution in [3.63, 3.8) is 0 Å². The van der Waals surface area contributed by atoms with Gasteiger partial charge in [0.25, 0.3) is 0 Å². The van der Waals surface area contributed by atoms with Crippen molar-refractivity contribution in [2.75, 3.05) is 0 Å². The highest BCUT2D eigenvalue weighted by atomic mass is 14.9. The van der Waals surface area contributed by atoms with Gasteiger partial charge in [-0.3, -0.25) is 0 Å². The zero-order chi connectivity index (χ0) is 16.4. The van der Waals surface area contributed by atoms with Gasteiger partial charge in [0, 0.05) is 17.2 Å². The van der Waals surface area contributed by atoms with E-state index in [9.17, 15) is 0 Å². The molecule has 23 heavy (non-hydrogen) atoms. The molecule has 3 aliphatic rings. The van der Waals surface area contributed by atoms with Crippen molar-refractivity contribution >= 4 is 5.57 Å². The van der Waals surface area contributed by atoms with Gasteiger partial charge in [0.1, 0.15) is 7.05 Å². The third kappa shape index (κ3) is 2.40. The molecule has 1 heterocycles. The smallest absolute Gasteiger partial charge is 0.201 e. The molecule has 2 fully saturated rings. The number of pyridine rings is 1. The molecule has 0 N–H and O–H groups in total. The van der Waals surface area contributed by atoms with Gasteiger partial charge in [-0.1, -0.05) is 32.9 Å². The van der Waals surface area contributed by atoms with E-state index in [2.05, 4.69) is 69.8 Å². The van der Waals surface area contributed by atoms with Crippen molar-refractivity contribution in [2.45, 2.75) is 52.4 Å². The second kappa shape index (κ2) is 5.06. The van der Waals surface area contributed by atoms with E-state index in [0.29, 0.717) is 0 Å². The molecule has 0 saturated heterocycles. The Morgan fingerprint density at radius 1 is 1.00 bits per heavy atom. The molecule has 0 aliphatic heterocycles. The molecule has 1 aromatic rings. The zero-order valence-corrected chi connectivity index (χ0v) is 15.3. The molecule has 1 nitrogen and oxygen atoms in total. The van der Waals surface area contributed by atoms with E-state index in [1.165, 1.54) is 41.7 Å². The standard InChI is InChI=1S/C22H30N/c1-14-10-19-15-6-7-16(11-15)20(19)12-18(14)21-9-8-17(13-23(21)5)22(2,3)4/h8-10,12-13,15-16,19-20H,6-7,11H2,1-5H3/q+1. The first-order valence-electron chi connectivity index (χ1n) is 9.26. The Bertz CT molecular complexity index is 701. The topological polar surface area (TPSA) is 3.88 Å². The molecule has 1 aromatic heterocycles. The third-order valence-corrected chi connectivity index (χ3v) is 6.55. The van der Waals surface area contributed by atoms with Gasteiger partial charge in [0.05, 0.1) is 0 Å². The Balaban J connectivity index is 1.72. The summed E-state index contributed by atoms with van der Waals surface area (Å²) in [5.74, 6) is 3.55. The fraction of sp³-hybridized carbons (Fsp3) is 0.591. The SMILES string of the molecule is CC1=CC2C3CCC(C3)C2C=C1c1ccc(C(C)(C)C)c[n+]1C. The lowest BCUT2D eigenvalue weighted by Gasteiger charge is -2.31. The summed E-state index contributed by atoms with van der Waals surface area (Å²) in [5, 5.41) is 0. The maximum atomic E-state index is 2.62. The Labute approximate surface area is 141 Å². The minimum Gasteiger partial charge on any atom is -0.201 e. The first-order chi connectivity index (χ1) is 10.8. The predicted molar refractivity (Wildman–Crippen MR) is 95.9 cm³/mol. The average Bonchev–Trinajstić information content (AvgIpc) is 3.07. The largest absolute Gasteiger partial charge is 0.212 e. The summed E-state index contributed by atoms with van der Waals surface area (Å²) in [5.41, 5.74) is 5.94. The first-order valence-corrected chi connectivity index (χ1v) is 9.26. The highest BCUT2D eigenvalue weighted by molar-refractivity contribution is 5.76. The van der Waals surface area contributed by atoms with Gasteiger partial charge in [-0.05, 0) is 66.9 Å². The molecule has 2 saturated carbocycles. The van der Waals surface area contributed by atoms with Gasteiger partial charge in [-0.2, -0.15) is 0 Å². The van der Waals surface area contributed by atoms with Crippen LogP contribution in [0.2, 0.25) is 0 Å². The normalized spacial score (nSPS) is 32.6. The summed E-state index contributed by atoms with van der Waals surface area (Å²) in [4.78, 5) is 0. The van der Waals surface area contributed by atoms with E-state index in [0.717, 1.165) is 23.7 Å². The van der Waals surface area contributed by atoms with Gasteiger partial charge in [-0.25, -0.2) is 4.57 Å². The monoisotopic (exact) mass is 308 g/mol. The highest BCUT2D eigenvalue weighted by Crippen LogP contribution is 2.56. The van der Waals surface area contributed by atoms with Crippen LogP contribution in [0.25, 0.3) is 5.57 Å². The second-order valence-electron chi connectivity index (χ2n) is 9.08. The molecule has 3 aliphatic carbocycles. The number of hydrogen-bond donors (Lipinski definition) is 0. The lowest BCUT2D eigenvalue weighted by molar-refractivity contribution is -0.674. The van der Waals surface area contributed by atoms with Gasteiger partial charge in [0.2, 0.25) is 5.69 Å². The number of fused-ring (bicyclic) bond motifs is 5. The fourth-order valence-corrected chi connectivity index (χ4v) is 5.20. The van der Waals surface area contributed by atoms with E-state index < -0.39 is 0 Å². The van der Waals surface area contributed by atoms with Crippen LogP contribution in [0, 0.1) is 23.7 Å². The molecule has 4 unspecified atom stereocenters. The molecule has 4 atom stereocenters. The predicted octanol–water partition coefficient (Wildman–Crippen LogP) is 4.81. The van der Waals surface area contributed by atoms with Crippen LogP contribution in [-0.2, 0) is 12.5 Å².